The first-order valence-electron chi connectivity index (χ1n) is 6.00. The number of aliphatic hydroxyl groups excluding tert-OH is 1. The van der Waals surface area contributed by atoms with Gasteiger partial charge in [-0.1, -0.05) is 29.3 Å². The lowest BCUT2D eigenvalue weighted by Gasteiger charge is -2.17. The lowest BCUT2D eigenvalue weighted by Crippen LogP contribution is -2.00. The van der Waals surface area contributed by atoms with Crippen molar-refractivity contribution in [1.82, 2.24) is 0 Å². The first kappa shape index (κ1) is 15.0. The molecule has 0 aliphatic carbocycles. The molecule has 0 aliphatic heterocycles. The quantitative estimate of drug-likeness (QED) is 0.877. The fraction of sp³-hybridized carbons (Fsp3) is 0.200. The van der Waals surface area contributed by atoms with E-state index in [1.165, 1.54) is 7.11 Å². The van der Waals surface area contributed by atoms with Crippen LogP contribution in [0.4, 0.5) is 0 Å². The summed E-state index contributed by atoms with van der Waals surface area (Å²) in [6, 6.07) is 10.2. The van der Waals surface area contributed by atoms with Gasteiger partial charge in [-0.2, -0.15) is 0 Å². The summed E-state index contributed by atoms with van der Waals surface area (Å²) in [5.74, 6) is 1.45. The molecule has 1 atom stereocenters. The fourth-order valence-electron chi connectivity index (χ4n) is 1.88. The van der Waals surface area contributed by atoms with E-state index in [2.05, 4.69) is 0 Å². The number of rotatable bonds is 4. The Balaban J connectivity index is 2.45. The lowest BCUT2D eigenvalue weighted by molar-refractivity contribution is 0.190. The Hall–Kier alpha value is -1.42. The predicted molar refractivity (Wildman–Crippen MR) is 80.2 cm³/mol. The van der Waals surface area contributed by atoms with Crippen LogP contribution in [-0.2, 0) is 0 Å². The van der Waals surface area contributed by atoms with E-state index in [1.807, 2.05) is 0 Å². The molecule has 5 heteroatoms. The Morgan fingerprint density at radius 1 is 1.05 bits per heavy atom. The molecule has 0 fully saturated rings. The summed E-state index contributed by atoms with van der Waals surface area (Å²) in [6.07, 6.45) is -0.737. The Morgan fingerprint density at radius 3 is 2.40 bits per heavy atom. The van der Waals surface area contributed by atoms with E-state index in [0.29, 0.717) is 32.9 Å². The molecule has 0 bridgehead atoms. The Morgan fingerprint density at radius 2 is 1.75 bits per heavy atom. The van der Waals surface area contributed by atoms with E-state index in [4.69, 9.17) is 32.7 Å². The summed E-state index contributed by atoms with van der Waals surface area (Å²) in [5.41, 5.74) is 0.561. The molecule has 0 aliphatic rings. The van der Waals surface area contributed by atoms with Gasteiger partial charge < -0.3 is 14.6 Å². The molecule has 2 aromatic carbocycles. The van der Waals surface area contributed by atoms with Crippen molar-refractivity contribution >= 4 is 23.2 Å². The second kappa shape index (κ2) is 6.35. The number of ether oxygens (including phenoxy) is 2. The van der Waals surface area contributed by atoms with Crippen molar-refractivity contribution in [1.29, 1.82) is 0 Å². The zero-order chi connectivity index (χ0) is 14.7. The second-order valence-corrected chi connectivity index (χ2v) is 5.07. The summed E-state index contributed by atoms with van der Waals surface area (Å²) in [4.78, 5) is 0. The van der Waals surface area contributed by atoms with E-state index in [-0.39, 0.29) is 0 Å². The SMILES string of the molecule is COc1cccc(Oc2cc(Cl)ccc2Cl)c1[C@@H](C)O. The van der Waals surface area contributed by atoms with Crippen LogP contribution in [0.1, 0.15) is 18.6 Å². The molecule has 106 valence electrons. The van der Waals surface area contributed by atoms with Crippen LogP contribution >= 0.6 is 23.2 Å². The van der Waals surface area contributed by atoms with Crippen LogP contribution in [0.3, 0.4) is 0 Å². The third-order valence-corrected chi connectivity index (χ3v) is 3.32. The zero-order valence-electron chi connectivity index (χ0n) is 11.1. The van der Waals surface area contributed by atoms with E-state index >= 15 is 0 Å². The van der Waals surface area contributed by atoms with E-state index < -0.39 is 6.10 Å². The molecule has 0 unspecified atom stereocenters. The molecular weight excluding hydrogens is 299 g/mol. The van der Waals surface area contributed by atoms with E-state index in [1.54, 1.807) is 43.3 Å². The highest BCUT2D eigenvalue weighted by Crippen LogP contribution is 2.39. The minimum Gasteiger partial charge on any atom is -0.496 e. The lowest BCUT2D eigenvalue weighted by atomic mass is 10.1. The number of benzene rings is 2. The first-order chi connectivity index (χ1) is 9.52. The molecule has 2 aromatic rings. The molecule has 0 aromatic heterocycles. The maximum Gasteiger partial charge on any atom is 0.147 e. The largest absolute Gasteiger partial charge is 0.496 e. The van der Waals surface area contributed by atoms with Gasteiger partial charge in [0.05, 0.1) is 23.8 Å². The van der Waals surface area contributed by atoms with Gasteiger partial charge in [-0.25, -0.2) is 0 Å². The number of aliphatic hydroxyl groups is 1. The van der Waals surface area contributed by atoms with Gasteiger partial charge in [0.2, 0.25) is 0 Å². The smallest absolute Gasteiger partial charge is 0.147 e. The first-order valence-corrected chi connectivity index (χ1v) is 6.76. The maximum atomic E-state index is 9.90. The Kier molecular flexibility index (Phi) is 4.76. The molecule has 20 heavy (non-hydrogen) atoms. The zero-order valence-corrected chi connectivity index (χ0v) is 12.6. The molecule has 0 heterocycles. The Bertz CT molecular complexity index is 612. The highest BCUT2D eigenvalue weighted by molar-refractivity contribution is 6.34. The summed E-state index contributed by atoms with van der Waals surface area (Å²) >= 11 is 12.0. The predicted octanol–water partition coefficient (Wildman–Crippen LogP) is 4.85. The average molecular weight is 313 g/mol. The maximum absolute atomic E-state index is 9.90. The van der Waals surface area contributed by atoms with Gasteiger partial charge in [-0.05, 0) is 31.2 Å². The molecule has 1 N–H and O–H groups in total. The highest BCUT2D eigenvalue weighted by atomic mass is 35.5. The van der Waals surface area contributed by atoms with Crippen molar-refractivity contribution in [3.05, 3.63) is 52.0 Å². The van der Waals surface area contributed by atoms with Crippen LogP contribution in [0.5, 0.6) is 17.2 Å². The van der Waals surface area contributed by atoms with Crippen molar-refractivity contribution in [3.63, 3.8) is 0 Å². The third-order valence-electron chi connectivity index (χ3n) is 2.78. The standard InChI is InChI=1S/C15H14Cl2O3/c1-9(18)15-12(19-2)4-3-5-13(15)20-14-8-10(16)6-7-11(14)17/h3-9,18H,1-2H3/t9-/m1/s1. The minimum atomic E-state index is -0.737. The van der Waals surface area contributed by atoms with Crippen LogP contribution in [-0.4, -0.2) is 12.2 Å². The van der Waals surface area contributed by atoms with Gasteiger partial charge in [0.1, 0.15) is 17.2 Å². The van der Waals surface area contributed by atoms with Gasteiger partial charge in [0.15, 0.2) is 0 Å². The minimum absolute atomic E-state index is 0.425. The van der Waals surface area contributed by atoms with Crippen molar-refractivity contribution in [3.8, 4) is 17.2 Å². The van der Waals surface area contributed by atoms with E-state index in [0.717, 1.165) is 0 Å². The number of hydrogen-bond donors (Lipinski definition) is 1. The van der Waals surface area contributed by atoms with Gasteiger partial charge in [-0.15, -0.1) is 0 Å². The van der Waals surface area contributed by atoms with Gasteiger partial charge in [0, 0.05) is 11.1 Å². The van der Waals surface area contributed by atoms with Gasteiger partial charge in [0.25, 0.3) is 0 Å². The van der Waals surface area contributed by atoms with Crippen molar-refractivity contribution in [2.45, 2.75) is 13.0 Å². The molecule has 0 radical (unpaired) electrons. The van der Waals surface area contributed by atoms with Crippen LogP contribution in [0.15, 0.2) is 36.4 Å². The summed E-state index contributed by atoms with van der Waals surface area (Å²) in [5, 5.41) is 10.9. The molecule has 0 saturated carbocycles. The van der Waals surface area contributed by atoms with Crippen molar-refractivity contribution < 1.29 is 14.6 Å². The summed E-state index contributed by atoms with van der Waals surface area (Å²) in [6.45, 7) is 1.64. The molecular formula is C15H14Cl2O3. The highest BCUT2D eigenvalue weighted by Gasteiger charge is 2.16. The molecule has 0 amide bonds. The van der Waals surface area contributed by atoms with Gasteiger partial charge >= 0.3 is 0 Å². The molecule has 2 rings (SSSR count). The summed E-state index contributed by atoms with van der Waals surface area (Å²) in [7, 11) is 1.54. The Labute approximate surface area is 127 Å². The monoisotopic (exact) mass is 312 g/mol. The molecule has 0 saturated heterocycles. The number of hydrogen-bond acceptors (Lipinski definition) is 3. The van der Waals surface area contributed by atoms with Crippen LogP contribution in [0.25, 0.3) is 0 Å². The number of methoxy groups -OCH3 is 1. The van der Waals surface area contributed by atoms with Crippen LogP contribution < -0.4 is 9.47 Å². The topological polar surface area (TPSA) is 38.7 Å². The molecule has 0 spiro atoms. The van der Waals surface area contributed by atoms with Gasteiger partial charge in [-0.3, -0.25) is 0 Å². The van der Waals surface area contributed by atoms with Crippen LogP contribution in [0.2, 0.25) is 10.0 Å². The normalized spacial score (nSPS) is 12.1. The van der Waals surface area contributed by atoms with Crippen molar-refractivity contribution in [2.24, 2.45) is 0 Å². The molecule has 3 nitrogen and oxygen atoms in total. The fourth-order valence-corrected chi connectivity index (χ4v) is 2.19. The summed E-state index contributed by atoms with van der Waals surface area (Å²) < 4.78 is 11.0. The van der Waals surface area contributed by atoms with E-state index in [9.17, 15) is 5.11 Å². The van der Waals surface area contributed by atoms with Crippen LogP contribution in [0, 0.1) is 0 Å². The second-order valence-electron chi connectivity index (χ2n) is 4.22. The number of halogens is 2. The average Bonchev–Trinajstić information content (AvgIpc) is 2.42. The van der Waals surface area contributed by atoms with Crippen molar-refractivity contribution in [2.75, 3.05) is 7.11 Å². The third kappa shape index (κ3) is 3.18.